The molecule has 0 aliphatic heterocycles. The summed E-state index contributed by atoms with van der Waals surface area (Å²) in [5, 5.41) is 9.47. The molecule has 0 fully saturated rings. The standard InChI is InChI=1S/C14H14FNO2/c1-9-3-4-12(15)8-13(9)18-14-7-11(10(2)17)5-6-16-14/h3-8,10,17H,1-2H3. The predicted octanol–water partition coefficient (Wildman–Crippen LogP) is 3.37. The molecule has 0 saturated carbocycles. The van der Waals surface area contributed by atoms with Gasteiger partial charge in [-0.15, -0.1) is 0 Å². The number of ether oxygens (including phenoxy) is 1. The Morgan fingerprint density at radius 2 is 2.06 bits per heavy atom. The lowest BCUT2D eigenvalue weighted by molar-refractivity contribution is 0.198. The van der Waals surface area contributed by atoms with Crippen LogP contribution < -0.4 is 4.74 Å². The fourth-order valence-electron chi connectivity index (χ4n) is 1.54. The van der Waals surface area contributed by atoms with Crippen LogP contribution in [0.25, 0.3) is 0 Å². The van der Waals surface area contributed by atoms with E-state index in [1.54, 1.807) is 31.3 Å². The molecule has 0 saturated heterocycles. The molecule has 0 radical (unpaired) electrons. The average Bonchev–Trinajstić information content (AvgIpc) is 2.34. The zero-order valence-electron chi connectivity index (χ0n) is 10.2. The van der Waals surface area contributed by atoms with Crippen molar-refractivity contribution in [3.63, 3.8) is 0 Å². The Balaban J connectivity index is 2.28. The van der Waals surface area contributed by atoms with E-state index in [-0.39, 0.29) is 5.82 Å². The number of hydrogen-bond donors (Lipinski definition) is 1. The summed E-state index contributed by atoms with van der Waals surface area (Å²) in [6.45, 7) is 3.49. The van der Waals surface area contributed by atoms with E-state index in [0.29, 0.717) is 17.2 Å². The largest absolute Gasteiger partial charge is 0.439 e. The Morgan fingerprint density at radius 3 is 2.78 bits per heavy atom. The molecule has 94 valence electrons. The van der Waals surface area contributed by atoms with Crippen LogP contribution in [0.3, 0.4) is 0 Å². The van der Waals surface area contributed by atoms with Gasteiger partial charge in [-0.3, -0.25) is 0 Å². The lowest BCUT2D eigenvalue weighted by Crippen LogP contribution is -1.95. The van der Waals surface area contributed by atoms with Crippen molar-refractivity contribution in [1.29, 1.82) is 0 Å². The quantitative estimate of drug-likeness (QED) is 0.904. The van der Waals surface area contributed by atoms with Gasteiger partial charge in [0.15, 0.2) is 0 Å². The average molecular weight is 247 g/mol. The second kappa shape index (κ2) is 5.14. The number of aliphatic hydroxyl groups excluding tert-OH is 1. The molecule has 1 unspecified atom stereocenters. The SMILES string of the molecule is Cc1ccc(F)cc1Oc1cc(C(C)O)ccn1. The fourth-order valence-corrected chi connectivity index (χ4v) is 1.54. The summed E-state index contributed by atoms with van der Waals surface area (Å²) in [5.41, 5.74) is 1.52. The van der Waals surface area contributed by atoms with E-state index in [0.717, 1.165) is 5.56 Å². The van der Waals surface area contributed by atoms with Crippen molar-refractivity contribution < 1.29 is 14.2 Å². The fraction of sp³-hybridized carbons (Fsp3) is 0.214. The Labute approximate surface area is 105 Å². The molecule has 0 aliphatic carbocycles. The third-order valence-electron chi connectivity index (χ3n) is 2.61. The summed E-state index contributed by atoms with van der Waals surface area (Å²) in [5.74, 6) is 0.398. The summed E-state index contributed by atoms with van der Waals surface area (Å²) < 4.78 is 18.6. The lowest BCUT2D eigenvalue weighted by atomic mass is 10.2. The molecule has 3 nitrogen and oxygen atoms in total. The van der Waals surface area contributed by atoms with Crippen LogP contribution in [0, 0.1) is 12.7 Å². The van der Waals surface area contributed by atoms with Crippen molar-refractivity contribution in [2.45, 2.75) is 20.0 Å². The summed E-state index contributed by atoms with van der Waals surface area (Å²) in [6.07, 6.45) is 0.954. The van der Waals surface area contributed by atoms with E-state index in [1.165, 1.54) is 12.1 Å². The Kier molecular flexibility index (Phi) is 3.58. The van der Waals surface area contributed by atoms with Crippen LogP contribution in [0.4, 0.5) is 4.39 Å². The van der Waals surface area contributed by atoms with Gasteiger partial charge in [-0.1, -0.05) is 6.07 Å². The van der Waals surface area contributed by atoms with Gasteiger partial charge in [-0.25, -0.2) is 9.37 Å². The number of aryl methyl sites for hydroxylation is 1. The van der Waals surface area contributed by atoms with Gasteiger partial charge in [-0.2, -0.15) is 0 Å². The Hall–Kier alpha value is -1.94. The number of benzene rings is 1. The molecular formula is C14H14FNO2. The number of pyridine rings is 1. The van der Waals surface area contributed by atoms with E-state index in [1.807, 2.05) is 6.92 Å². The highest BCUT2D eigenvalue weighted by Gasteiger charge is 2.07. The van der Waals surface area contributed by atoms with E-state index in [4.69, 9.17) is 4.74 Å². The monoisotopic (exact) mass is 247 g/mol. The number of hydrogen-bond acceptors (Lipinski definition) is 3. The Morgan fingerprint density at radius 1 is 1.28 bits per heavy atom. The maximum atomic E-state index is 13.1. The first kappa shape index (κ1) is 12.5. The molecule has 1 atom stereocenters. The van der Waals surface area contributed by atoms with E-state index >= 15 is 0 Å². The summed E-state index contributed by atoms with van der Waals surface area (Å²) in [4.78, 5) is 4.03. The minimum atomic E-state index is -0.594. The van der Waals surface area contributed by atoms with Gasteiger partial charge >= 0.3 is 0 Å². The number of aromatic nitrogens is 1. The van der Waals surface area contributed by atoms with Gasteiger partial charge in [0.1, 0.15) is 11.6 Å². The molecule has 0 aliphatic rings. The highest BCUT2D eigenvalue weighted by molar-refractivity contribution is 5.36. The highest BCUT2D eigenvalue weighted by atomic mass is 19.1. The van der Waals surface area contributed by atoms with Crippen molar-refractivity contribution in [3.05, 3.63) is 53.5 Å². The molecule has 2 aromatic rings. The van der Waals surface area contributed by atoms with Crippen LogP contribution in [-0.4, -0.2) is 10.1 Å². The molecular weight excluding hydrogens is 233 g/mol. The summed E-state index contributed by atoms with van der Waals surface area (Å²) in [7, 11) is 0. The molecule has 4 heteroatoms. The van der Waals surface area contributed by atoms with Crippen LogP contribution in [0.2, 0.25) is 0 Å². The second-order valence-electron chi connectivity index (χ2n) is 4.12. The van der Waals surface area contributed by atoms with Crippen molar-refractivity contribution >= 4 is 0 Å². The number of halogens is 1. The summed E-state index contributed by atoms with van der Waals surface area (Å²) >= 11 is 0. The number of rotatable bonds is 3. The molecule has 1 heterocycles. The lowest BCUT2D eigenvalue weighted by Gasteiger charge is -2.10. The van der Waals surface area contributed by atoms with Gasteiger partial charge in [0.2, 0.25) is 5.88 Å². The van der Waals surface area contributed by atoms with Gasteiger partial charge in [0.25, 0.3) is 0 Å². The van der Waals surface area contributed by atoms with Gasteiger partial charge in [0, 0.05) is 18.3 Å². The molecule has 0 bridgehead atoms. The zero-order chi connectivity index (χ0) is 13.1. The minimum Gasteiger partial charge on any atom is -0.439 e. The molecule has 1 aromatic carbocycles. The van der Waals surface area contributed by atoms with E-state index < -0.39 is 6.10 Å². The van der Waals surface area contributed by atoms with Gasteiger partial charge < -0.3 is 9.84 Å². The third kappa shape index (κ3) is 2.84. The summed E-state index contributed by atoms with van der Waals surface area (Å²) in [6, 6.07) is 7.67. The van der Waals surface area contributed by atoms with Crippen molar-refractivity contribution in [2.75, 3.05) is 0 Å². The van der Waals surface area contributed by atoms with Crippen LogP contribution in [0.5, 0.6) is 11.6 Å². The van der Waals surface area contributed by atoms with Crippen LogP contribution >= 0.6 is 0 Å². The number of aliphatic hydroxyl groups is 1. The second-order valence-corrected chi connectivity index (χ2v) is 4.12. The maximum absolute atomic E-state index is 13.1. The molecule has 0 amide bonds. The molecule has 1 aromatic heterocycles. The van der Waals surface area contributed by atoms with E-state index in [2.05, 4.69) is 4.98 Å². The van der Waals surface area contributed by atoms with Gasteiger partial charge in [0.05, 0.1) is 6.10 Å². The zero-order valence-corrected chi connectivity index (χ0v) is 10.2. The van der Waals surface area contributed by atoms with E-state index in [9.17, 15) is 9.50 Å². The Bertz CT molecular complexity index is 555. The van der Waals surface area contributed by atoms with Crippen molar-refractivity contribution in [3.8, 4) is 11.6 Å². The first-order valence-electron chi connectivity index (χ1n) is 5.64. The molecule has 18 heavy (non-hydrogen) atoms. The predicted molar refractivity (Wildman–Crippen MR) is 66.1 cm³/mol. The van der Waals surface area contributed by atoms with Crippen LogP contribution in [-0.2, 0) is 0 Å². The van der Waals surface area contributed by atoms with Crippen LogP contribution in [0.15, 0.2) is 36.5 Å². The molecule has 1 N–H and O–H groups in total. The topological polar surface area (TPSA) is 42.4 Å². The first-order chi connectivity index (χ1) is 8.56. The third-order valence-corrected chi connectivity index (χ3v) is 2.61. The normalized spacial score (nSPS) is 12.2. The first-order valence-corrected chi connectivity index (χ1v) is 5.64. The van der Waals surface area contributed by atoms with Crippen molar-refractivity contribution in [1.82, 2.24) is 4.98 Å². The van der Waals surface area contributed by atoms with Gasteiger partial charge in [-0.05, 0) is 37.1 Å². The minimum absolute atomic E-state index is 0.335. The van der Waals surface area contributed by atoms with Crippen molar-refractivity contribution in [2.24, 2.45) is 0 Å². The molecule has 0 spiro atoms. The number of nitrogens with zero attached hydrogens (tertiary/aromatic N) is 1. The maximum Gasteiger partial charge on any atom is 0.219 e. The smallest absolute Gasteiger partial charge is 0.219 e. The van der Waals surface area contributed by atoms with Crippen LogP contribution in [0.1, 0.15) is 24.2 Å². The highest BCUT2D eigenvalue weighted by Crippen LogP contribution is 2.25. The molecule has 2 rings (SSSR count).